The number of fused-ring (bicyclic) bond motifs is 1. The van der Waals surface area contributed by atoms with Crippen LogP contribution in [0.3, 0.4) is 0 Å². The monoisotopic (exact) mass is 368 g/mol. The fourth-order valence-corrected chi connectivity index (χ4v) is 4.00. The second-order valence-electron chi connectivity index (χ2n) is 6.39. The van der Waals surface area contributed by atoms with Gasteiger partial charge in [-0.2, -0.15) is 9.61 Å². The topological polar surface area (TPSA) is 70.7 Å². The molecule has 6 nitrogen and oxygen atoms in total. The van der Waals surface area contributed by atoms with Crippen molar-refractivity contribution in [3.05, 3.63) is 63.0 Å². The minimum Gasteiger partial charge on any atom is -0.508 e. The van der Waals surface area contributed by atoms with Crippen molar-refractivity contribution >= 4 is 21.9 Å². The predicted octanol–water partition coefficient (Wildman–Crippen LogP) is 2.71. The van der Waals surface area contributed by atoms with E-state index in [1.807, 2.05) is 19.1 Å². The Balaban J connectivity index is 1.49. The Bertz CT molecular complexity index is 1020. The highest BCUT2D eigenvalue weighted by atomic mass is 32.1. The first-order valence-electron chi connectivity index (χ1n) is 8.72. The number of nitrogens with zero attached hydrogens (tertiary/aromatic N) is 4. The van der Waals surface area contributed by atoms with Gasteiger partial charge in [0.15, 0.2) is 0 Å². The molecule has 0 atom stereocenters. The van der Waals surface area contributed by atoms with E-state index in [4.69, 9.17) is 0 Å². The van der Waals surface area contributed by atoms with Crippen LogP contribution in [0.2, 0.25) is 0 Å². The molecule has 3 aromatic rings. The van der Waals surface area contributed by atoms with Crippen molar-refractivity contribution in [3.63, 3.8) is 0 Å². The summed E-state index contributed by atoms with van der Waals surface area (Å²) < 4.78 is 1.39. The number of benzene rings is 1. The molecule has 2 aromatic heterocycles. The Labute approximate surface area is 155 Å². The molecule has 1 aromatic carbocycles. The number of rotatable bonds is 4. The molecule has 3 heterocycles. The quantitative estimate of drug-likeness (QED) is 0.767. The zero-order chi connectivity index (χ0) is 18.1. The summed E-state index contributed by atoms with van der Waals surface area (Å²) in [5.41, 5.74) is 3.12. The summed E-state index contributed by atoms with van der Waals surface area (Å²) in [6.07, 6.45) is 3.95. The van der Waals surface area contributed by atoms with Crippen molar-refractivity contribution in [1.82, 2.24) is 19.5 Å². The molecule has 0 amide bonds. The van der Waals surface area contributed by atoms with Crippen LogP contribution in [0.25, 0.3) is 10.5 Å². The maximum atomic E-state index is 12.3. The van der Waals surface area contributed by atoms with E-state index >= 15 is 0 Å². The third-order valence-electron chi connectivity index (χ3n) is 4.56. The molecule has 0 unspecified atom stereocenters. The van der Waals surface area contributed by atoms with Gasteiger partial charge in [-0.3, -0.25) is 9.69 Å². The average Bonchev–Trinajstić information content (AvgIpc) is 3.07. The molecule has 0 fully saturated rings. The van der Waals surface area contributed by atoms with Crippen molar-refractivity contribution in [3.8, 4) is 5.75 Å². The molecule has 4 rings (SSSR count). The van der Waals surface area contributed by atoms with E-state index in [2.05, 4.69) is 21.1 Å². The number of aryl methyl sites for hydroxylation is 1. The Morgan fingerprint density at radius 1 is 1.27 bits per heavy atom. The Hall–Kier alpha value is -2.51. The van der Waals surface area contributed by atoms with E-state index in [1.165, 1.54) is 21.4 Å². The lowest BCUT2D eigenvalue weighted by molar-refractivity contribution is 0.290. The molecule has 0 bridgehead atoms. The summed E-state index contributed by atoms with van der Waals surface area (Å²) in [5.74, 6) is 0.286. The second-order valence-corrected chi connectivity index (χ2v) is 7.43. The van der Waals surface area contributed by atoms with Crippen LogP contribution in [0.5, 0.6) is 5.75 Å². The first-order valence-corrected chi connectivity index (χ1v) is 9.53. The van der Waals surface area contributed by atoms with E-state index in [0.29, 0.717) is 11.5 Å². The highest BCUT2D eigenvalue weighted by molar-refractivity contribution is 7.16. The highest BCUT2D eigenvalue weighted by Gasteiger charge is 2.15. The number of aromatic hydroxyl groups is 1. The van der Waals surface area contributed by atoms with Crippen molar-refractivity contribution in [2.75, 3.05) is 13.1 Å². The van der Waals surface area contributed by atoms with E-state index in [1.54, 1.807) is 18.2 Å². The zero-order valence-corrected chi connectivity index (χ0v) is 15.4. The summed E-state index contributed by atoms with van der Waals surface area (Å²) >= 11 is 1.48. The van der Waals surface area contributed by atoms with Gasteiger partial charge in [-0.1, -0.05) is 36.5 Å². The van der Waals surface area contributed by atoms with Crippen molar-refractivity contribution in [1.29, 1.82) is 0 Å². The molecular weight excluding hydrogens is 348 g/mol. The molecular formula is C19H20N4O2S. The molecule has 26 heavy (non-hydrogen) atoms. The van der Waals surface area contributed by atoms with Crippen LogP contribution in [0, 0.1) is 0 Å². The zero-order valence-electron chi connectivity index (χ0n) is 14.6. The maximum absolute atomic E-state index is 12.3. The van der Waals surface area contributed by atoms with Gasteiger partial charge in [-0.05, 0) is 36.1 Å². The summed E-state index contributed by atoms with van der Waals surface area (Å²) in [4.78, 5) is 19.8. The minimum absolute atomic E-state index is 0.113. The van der Waals surface area contributed by atoms with Gasteiger partial charge < -0.3 is 5.11 Å². The standard InChI is InChI=1S/C19H20N4O2S/c1-2-17-21-23-18(25)11-15(20-19(23)26-17)12-22-9-7-14(8-10-22)13-3-5-16(24)6-4-13/h3-7,11,24H,2,8-10,12H2,1H3. The van der Waals surface area contributed by atoms with Gasteiger partial charge in [0.1, 0.15) is 10.8 Å². The van der Waals surface area contributed by atoms with Gasteiger partial charge in [-0.15, -0.1) is 0 Å². The van der Waals surface area contributed by atoms with Crippen molar-refractivity contribution in [2.24, 2.45) is 0 Å². The van der Waals surface area contributed by atoms with Crippen LogP contribution in [0.1, 0.15) is 29.6 Å². The molecule has 0 aliphatic carbocycles. The summed E-state index contributed by atoms with van der Waals surface area (Å²) in [6, 6.07) is 8.92. The average molecular weight is 368 g/mol. The third-order valence-corrected chi connectivity index (χ3v) is 5.61. The van der Waals surface area contributed by atoms with Gasteiger partial charge in [0.2, 0.25) is 4.96 Å². The Morgan fingerprint density at radius 3 is 2.77 bits per heavy atom. The molecule has 0 saturated carbocycles. The van der Waals surface area contributed by atoms with E-state index in [0.717, 1.165) is 42.2 Å². The normalized spacial score (nSPS) is 15.3. The summed E-state index contributed by atoms with van der Waals surface area (Å²) in [5, 5.41) is 14.6. The lowest BCUT2D eigenvalue weighted by Crippen LogP contribution is -2.29. The number of aromatic nitrogens is 3. The van der Waals surface area contributed by atoms with Gasteiger partial charge >= 0.3 is 0 Å². The van der Waals surface area contributed by atoms with Crippen LogP contribution in [0.4, 0.5) is 0 Å². The van der Waals surface area contributed by atoms with Crippen LogP contribution < -0.4 is 5.56 Å². The van der Waals surface area contributed by atoms with Gasteiger partial charge in [0.25, 0.3) is 5.56 Å². The molecule has 1 aliphatic rings. The summed E-state index contributed by atoms with van der Waals surface area (Å²) in [6.45, 7) is 4.41. The van der Waals surface area contributed by atoms with Gasteiger partial charge in [0.05, 0.1) is 5.69 Å². The second kappa shape index (κ2) is 7.01. The first kappa shape index (κ1) is 16.9. The first-order chi connectivity index (χ1) is 12.6. The van der Waals surface area contributed by atoms with Crippen molar-refractivity contribution in [2.45, 2.75) is 26.3 Å². The maximum Gasteiger partial charge on any atom is 0.275 e. The third kappa shape index (κ3) is 3.40. The Kier molecular flexibility index (Phi) is 4.57. The molecule has 0 radical (unpaired) electrons. The number of hydrogen-bond acceptors (Lipinski definition) is 6. The highest BCUT2D eigenvalue weighted by Crippen LogP contribution is 2.24. The SMILES string of the molecule is CCc1nn2c(=O)cc(CN3CC=C(c4ccc(O)cc4)CC3)nc2s1. The fraction of sp³-hybridized carbons (Fsp3) is 0.316. The number of phenols is 1. The van der Waals surface area contributed by atoms with E-state index in [-0.39, 0.29) is 11.3 Å². The number of hydrogen-bond donors (Lipinski definition) is 1. The predicted molar refractivity (Wildman–Crippen MR) is 102 cm³/mol. The van der Waals surface area contributed by atoms with Crippen molar-refractivity contribution < 1.29 is 5.11 Å². The molecule has 1 N–H and O–H groups in total. The molecule has 134 valence electrons. The molecule has 1 aliphatic heterocycles. The lowest BCUT2D eigenvalue weighted by Gasteiger charge is -2.26. The van der Waals surface area contributed by atoms with E-state index in [9.17, 15) is 9.90 Å². The Morgan fingerprint density at radius 2 is 2.08 bits per heavy atom. The van der Waals surface area contributed by atoms with Crippen LogP contribution in [-0.4, -0.2) is 37.7 Å². The van der Waals surface area contributed by atoms with Gasteiger partial charge in [-0.25, -0.2) is 4.98 Å². The van der Waals surface area contributed by atoms with E-state index < -0.39 is 0 Å². The molecule has 0 saturated heterocycles. The lowest BCUT2D eigenvalue weighted by atomic mass is 9.99. The summed E-state index contributed by atoms with van der Waals surface area (Å²) in [7, 11) is 0. The molecule has 7 heteroatoms. The fourth-order valence-electron chi connectivity index (χ4n) is 3.14. The van der Waals surface area contributed by atoms with Crippen LogP contribution in [-0.2, 0) is 13.0 Å². The largest absolute Gasteiger partial charge is 0.508 e. The smallest absolute Gasteiger partial charge is 0.275 e. The minimum atomic E-state index is -0.113. The van der Waals surface area contributed by atoms with Crippen LogP contribution >= 0.6 is 11.3 Å². The number of phenolic OH excluding ortho intramolecular Hbond substituents is 1. The van der Waals surface area contributed by atoms with Gasteiger partial charge in [0, 0.05) is 25.7 Å². The van der Waals surface area contributed by atoms with Crippen LogP contribution in [0.15, 0.2) is 41.2 Å². The molecule has 0 spiro atoms.